The topological polar surface area (TPSA) is 296 Å². The lowest BCUT2D eigenvalue weighted by molar-refractivity contribution is -0.343. The molecular weight excluding hydrogens is 917 g/mol. The molecule has 400 valence electrons. The minimum atomic E-state index is -1.82. The maximum atomic E-state index is 11.5. The summed E-state index contributed by atoms with van der Waals surface area (Å²) in [5.41, 5.74) is 1.86. The first-order chi connectivity index (χ1) is 33.3. The predicted molar refractivity (Wildman–Crippen MR) is 247 cm³/mol. The number of hydrogen-bond donors (Lipinski definition) is 11. The summed E-state index contributed by atoms with van der Waals surface area (Å²) in [5, 5.41) is 116. The van der Waals surface area contributed by atoms with Crippen LogP contribution in [0.1, 0.15) is 105 Å². The zero-order valence-corrected chi connectivity index (χ0v) is 41.3. The lowest BCUT2D eigenvalue weighted by Crippen LogP contribution is -2.62. The van der Waals surface area contributed by atoms with Gasteiger partial charge in [-0.1, -0.05) is 65.5 Å². The SMILES string of the molecule is CC(C)CCC[C@@H](C)[C@H]1CC[C@H]2[C@@H]3CC=C4C[C@@H](O[C@H]5OC(CO)[C@@H](O[C@@H]6C=C(O)[C@H](O)C(CO[C@@H]7OC(CO)[C@@H](O[C@@H]8C=C(O)[C@H](O)C(CO)O8)C(O)C7O)O6)C(O)C5O)CC[C@]4(C)[C@H]3CC[C@]12C. The molecule has 4 aliphatic heterocycles. The van der Waals surface area contributed by atoms with Crippen molar-refractivity contribution in [3.8, 4) is 0 Å². The molecule has 8 rings (SSSR count). The second-order valence-electron chi connectivity index (χ2n) is 22.6. The number of hydrogen-bond acceptors (Lipinski definition) is 19. The van der Waals surface area contributed by atoms with Crippen LogP contribution >= 0.6 is 0 Å². The Balaban J connectivity index is 0.839. The van der Waals surface area contributed by atoms with Gasteiger partial charge in [0.05, 0.1) is 32.5 Å². The number of ether oxygens (including phenoxy) is 8. The molecule has 0 aromatic carbocycles. The highest BCUT2D eigenvalue weighted by Gasteiger charge is 2.60. The summed E-state index contributed by atoms with van der Waals surface area (Å²) in [6.45, 7) is 9.55. The molecule has 0 aromatic rings. The van der Waals surface area contributed by atoms with Gasteiger partial charge in [-0.15, -0.1) is 0 Å². The standard InChI is InChI=1S/C51H82O19/c1-24(2)7-6-8-25(3)29-11-12-30-28-10-9-26-17-27(13-15-50(26,4)31(28)14-16-51(29,30)5)64-49-45(62)43(60)47(36(22-54)68-49)70-39-19-33(56)41(58)37(66-39)23-63-48-44(61)42(59)46(35(21-53)67-48)69-38-18-32(55)40(57)34(20-52)65-38/h9,18-19,24-25,27-31,34-49,52-62H,6-8,10-17,20-23H2,1-5H3/t25-,27+,28+,29-,30+,31+,34?,35?,36?,37?,38-,39-,40+,41+,42?,43?,44?,45?,46-,47-,48-,49+,50+,51-/m1/s1. The molecule has 0 aromatic heterocycles. The Bertz CT molecular complexity index is 1830. The molecule has 19 heteroatoms. The molecule has 70 heavy (non-hydrogen) atoms. The fraction of sp³-hybridized carbons (Fsp3) is 0.882. The quantitative estimate of drug-likeness (QED) is 0.0931. The van der Waals surface area contributed by atoms with Gasteiger partial charge in [-0.25, -0.2) is 0 Å². The normalized spacial score (nSPS) is 47.9. The van der Waals surface area contributed by atoms with Crippen LogP contribution in [-0.4, -0.2) is 187 Å². The van der Waals surface area contributed by atoms with Crippen LogP contribution in [0, 0.1) is 46.3 Å². The number of aliphatic hydroxyl groups excluding tert-OH is 11. The molecule has 2 saturated heterocycles. The van der Waals surface area contributed by atoms with E-state index in [1.54, 1.807) is 0 Å². The molecule has 8 aliphatic rings. The van der Waals surface area contributed by atoms with Crippen molar-refractivity contribution in [2.75, 3.05) is 26.4 Å². The van der Waals surface area contributed by atoms with Crippen LogP contribution in [0.4, 0.5) is 0 Å². The van der Waals surface area contributed by atoms with Crippen LogP contribution in [0.25, 0.3) is 0 Å². The average Bonchev–Trinajstić information content (AvgIpc) is 3.69. The molecule has 4 aliphatic carbocycles. The largest absolute Gasteiger partial charge is 0.510 e. The van der Waals surface area contributed by atoms with E-state index in [0.29, 0.717) is 23.7 Å². The predicted octanol–water partition coefficient (Wildman–Crippen LogP) is 2.13. The fourth-order valence-electron chi connectivity index (χ4n) is 14.0. The van der Waals surface area contributed by atoms with E-state index in [4.69, 9.17) is 37.9 Å². The van der Waals surface area contributed by atoms with Gasteiger partial charge >= 0.3 is 0 Å². The number of allylic oxidation sites excluding steroid dienone is 1. The highest BCUT2D eigenvalue weighted by molar-refractivity contribution is 5.26. The molecule has 19 nitrogen and oxygen atoms in total. The van der Waals surface area contributed by atoms with Gasteiger partial charge in [0.15, 0.2) is 25.2 Å². The zero-order chi connectivity index (χ0) is 50.4. The van der Waals surface area contributed by atoms with Gasteiger partial charge in [0.25, 0.3) is 0 Å². The van der Waals surface area contributed by atoms with Crippen LogP contribution in [0.2, 0.25) is 0 Å². The molecule has 0 bridgehead atoms. The highest BCUT2D eigenvalue weighted by atomic mass is 16.8. The highest BCUT2D eigenvalue weighted by Crippen LogP contribution is 2.67. The monoisotopic (exact) mass is 999 g/mol. The van der Waals surface area contributed by atoms with Gasteiger partial charge in [-0.05, 0) is 97.7 Å². The summed E-state index contributed by atoms with van der Waals surface area (Å²) in [7, 11) is 0. The Morgan fingerprint density at radius 3 is 1.84 bits per heavy atom. The van der Waals surface area contributed by atoms with Crippen molar-refractivity contribution in [2.24, 2.45) is 46.3 Å². The molecule has 0 radical (unpaired) electrons. The number of rotatable bonds is 17. The third kappa shape index (κ3) is 10.8. The summed E-state index contributed by atoms with van der Waals surface area (Å²) >= 11 is 0. The summed E-state index contributed by atoms with van der Waals surface area (Å²) < 4.78 is 46.8. The van der Waals surface area contributed by atoms with Crippen LogP contribution < -0.4 is 0 Å². The third-order valence-electron chi connectivity index (χ3n) is 18.0. The van der Waals surface area contributed by atoms with E-state index in [9.17, 15) is 56.2 Å². The first kappa shape index (κ1) is 54.4. The Kier molecular flexibility index (Phi) is 17.5. The minimum absolute atomic E-state index is 0.0657. The zero-order valence-electron chi connectivity index (χ0n) is 41.3. The average molecular weight is 999 g/mol. The lowest BCUT2D eigenvalue weighted by atomic mass is 9.47. The third-order valence-corrected chi connectivity index (χ3v) is 18.0. The van der Waals surface area contributed by atoms with Crippen LogP contribution in [0.15, 0.2) is 35.3 Å². The molecule has 0 spiro atoms. The van der Waals surface area contributed by atoms with Gasteiger partial charge in [0.2, 0.25) is 0 Å². The Hall–Kier alpha value is -1.86. The van der Waals surface area contributed by atoms with Crippen molar-refractivity contribution in [3.05, 3.63) is 35.3 Å². The first-order valence-corrected chi connectivity index (χ1v) is 25.9. The van der Waals surface area contributed by atoms with Gasteiger partial charge in [0, 0.05) is 12.2 Å². The van der Waals surface area contributed by atoms with E-state index in [-0.39, 0.29) is 11.5 Å². The summed E-state index contributed by atoms with van der Waals surface area (Å²) in [5.74, 6) is 3.17. The van der Waals surface area contributed by atoms with Gasteiger partial charge in [0.1, 0.15) is 84.8 Å². The minimum Gasteiger partial charge on any atom is -0.510 e. The summed E-state index contributed by atoms with van der Waals surface area (Å²) in [6, 6.07) is 0. The fourth-order valence-corrected chi connectivity index (χ4v) is 14.0. The molecule has 4 heterocycles. The Morgan fingerprint density at radius 1 is 0.643 bits per heavy atom. The second-order valence-corrected chi connectivity index (χ2v) is 22.6. The van der Waals surface area contributed by atoms with Crippen LogP contribution in [-0.2, 0) is 37.9 Å². The molecule has 11 N–H and O–H groups in total. The van der Waals surface area contributed by atoms with Crippen LogP contribution in [0.5, 0.6) is 0 Å². The van der Waals surface area contributed by atoms with Crippen molar-refractivity contribution in [1.29, 1.82) is 0 Å². The Morgan fingerprint density at radius 2 is 1.23 bits per heavy atom. The second kappa shape index (κ2) is 22.5. The van der Waals surface area contributed by atoms with E-state index in [1.807, 2.05) is 0 Å². The Labute approximate surface area is 411 Å². The van der Waals surface area contributed by atoms with Gasteiger partial charge in [-0.3, -0.25) is 0 Å². The smallest absolute Gasteiger partial charge is 0.186 e. The molecule has 8 unspecified atom stereocenters. The van der Waals surface area contributed by atoms with Crippen molar-refractivity contribution in [2.45, 2.75) is 210 Å². The maximum absolute atomic E-state index is 11.5. The number of aliphatic hydroxyl groups is 11. The molecular formula is C51H82O19. The first-order valence-electron chi connectivity index (χ1n) is 25.9. The van der Waals surface area contributed by atoms with Gasteiger partial charge in [-0.2, -0.15) is 0 Å². The maximum Gasteiger partial charge on any atom is 0.186 e. The molecule has 5 fully saturated rings. The van der Waals surface area contributed by atoms with E-state index in [2.05, 4.69) is 40.7 Å². The molecule has 3 saturated carbocycles. The van der Waals surface area contributed by atoms with E-state index in [0.717, 1.165) is 55.1 Å². The number of fused-ring (bicyclic) bond motifs is 5. The summed E-state index contributed by atoms with van der Waals surface area (Å²) in [4.78, 5) is 0. The van der Waals surface area contributed by atoms with Crippen molar-refractivity contribution < 1.29 is 94.1 Å². The molecule has 0 amide bonds. The van der Waals surface area contributed by atoms with E-state index < -0.39 is 136 Å². The van der Waals surface area contributed by atoms with Crippen molar-refractivity contribution >= 4 is 0 Å². The van der Waals surface area contributed by atoms with Crippen molar-refractivity contribution in [3.63, 3.8) is 0 Å². The lowest BCUT2D eigenvalue weighted by Gasteiger charge is -2.58. The molecule has 24 atom stereocenters. The summed E-state index contributed by atoms with van der Waals surface area (Å²) in [6.07, 6.45) is -7.10. The van der Waals surface area contributed by atoms with E-state index in [1.165, 1.54) is 50.5 Å². The van der Waals surface area contributed by atoms with Gasteiger partial charge < -0.3 is 94.1 Å². The van der Waals surface area contributed by atoms with E-state index >= 15 is 0 Å². The van der Waals surface area contributed by atoms with Crippen LogP contribution in [0.3, 0.4) is 0 Å². The van der Waals surface area contributed by atoms with Crippen molar-refractivity contribution in [1.82, 2.24) is 0 Å².